The first-order valence-electron chi connectivity index (χ1n) is 13.0. The summed E-state index contributed by atoms with van der Waals surface area (Å²) in [5.41, 5.74) is 1.22. The molecule has 3 amide bonds. The van der Waals surface area contributed by atoms with Crippen LogP contribution >= 0.6 is 0 Å². The third-order valence-electron chi connectivity index (χ3n) is 7.74. The zero-order valence-corrected chi connectivity index (χ0v) is 20.7. The zero-order chi connectivity index (χ0) is 25.0. The summed E-state index contributed by atoms with van der Waals surface area (Å²) in [6, 6.07) is 19.7. The fraction of sp³-hybridized carbons (Fsp3) is 0.414. The summed E-state index contributed by atoms with van der Waals surface area (Å²) in [5, 5.41) is 0. The summed E-state index contributed by atoms with van der Waals surface area (Å²) in [6.45, 7) is 3.07. The average Bonchev–Trinajstić information content (AvgIpc) is 3.19. The van der Waals surface area contributed by atoms with Gasteiger partial charge in [-0.15, -0.1) is 0 Å². The van der Waals surface area contributed by atoms with Gasteiger partial charge in [0.2, 0.25) is 11.8 Å². The Morgan fingerprint density at radius 3 is 2.11 bits per heavy atom. The Hall–Kier alpha value is -3.61. The van der Waals surface area contributed by atoms with Crippen molar-refractivity contribution in [2.45, 2.75) is 37.6 Å². The monoisotopic (exact) mass is 486 g/mol. The van der Waals surface area contributed by atoms with Crippen molar-refractivity contribution < 1.29 is 14.4 Å². The van der Waals surface area contributed by atoms with Gasteiger partial charge in [-0.05, 0) is 55.9 Å². The molecule has 2 aromatic rings. The number of para-hydroxylation sites is 1. The predicted molar refractivity (Wildman–Crippen MR) is 140 cm³/mol. The van der Waals surface area contributed by atoms with Crippen LogP contribution in [0.4, 0.5) is 5.69 Å². The number of nitrogens with zero attached hydrogens (tertiary/aromatic N) is 4. The minimum absolute atomic E-state index is 0.00337. The molecule has 5 rings (SSSR count). The van der Waals surface area contributed by atoms with Crippen LogP contribution < -0.4 is 4.90 Å². The van der Waals surface area contributed by atoms with Gasteiger partial charge in [-0.3, -0.25) is 14.4 Å². The number of benzene rings is 2. The van der Waals surface area contributed by atoms with E-state index in [1.165, 1.54) is 0 Å². The van der Waals surface area contributed by atoms with Gasteiger partial charge in [-0.2, -0.15) is 0 Å². The summed E-state index contributed by atoms with van der Waals surface area (Å²) < 4.78 is 0. The van der Waals surface area contributed by atoms with E-state index in [0.717, 1.165) is 43.6 Å². The van der Waals surface area contributed by atoms with Crippen LogP contribution in [0.3, 0.4) is 0 Å². The molecule has 0 aliphatic carbocycles. The van der Waals surface area contributed by atoms with Crippen LogP contribution in [0.5, 0.6) is 0 Å². The highest BCUT2D eigenvalue weighted by molar-refractivity contribution is 5.97. The van der Waals surface area contributed by atoms with Crippen LogP contribution in [0.25, 0.3) is 6.08 Å². The van der Waals surface area contributed by atoms with Crippen molar-refractivity contribution in [3.63, 3.8) is 0 Å². The van der Waals surface area contributed by atoms with E-state index in [2.05, 4.69) is 4.90 Å². The van der Waals surface area contributed by atoms with Gasteiger partial charge in [0.15, 0.2) is 0 Å². The van der Waals surface area contributed by atoms with E-state index in [9.17, 15) is 14.4 Å². The van der Waals surface area contributed by atoms with Crippen molar-refractivity contribution in [2.75, 3.05) is 44.3 Å². The lowest BCUT2D eigenvalue weighted by atomic mass is 9.85. The fourth-order valence-corrected chi connectivity index (χ4v) is 5.66. The molecule has 3 aliphatic heterocycles. The first-order chi connectivity index (χ1) is 17.6. The van der Waals surface area contributed by atoms with Crippen LogP contribution in [-0.2, 0) is 14.4 Å². The molecule has 0 unspecified atom stereocenters. The lowest BCUT2D eigenvalue weighted by Crippen LogP contribution is -2.57. The third-order valence-corrected chi connectivity index (χ3v) is 7.74. The number of carbonyl (C=O) groups excluding carboxylic acids is 3. The standard InChI is InChI=1S/C29H34N4O3/c34-26(15-14-24-10-4-1-5-11-24)31-20-16-29(17-21-31)28(36)32(22-27(35)30-18-8-3-9-19-30)23-33(29)25-12-6-2-7-13-25/h1-2,4-7,10-15H,3,8-9,16-23H2. The number of anilines is 1. The van der Waals surface area contributed by atoms with Crippen molar-refractivity contribution in [2.24, 2.45) is 0 Å². The number of hydrogen-bond acceptors (Lipinski definition) is 4. The molecule has 7 nitrogen and oxygen atoms in total. The van der Waals surface area contributed by atoms with Crippen LogP contribution in [0.15, 0.2) is 66.7 Å². The molecule has 0 saturated carbocycles. The SMILES string of the molecule is O=C(C=Cc1ccccc1)N1CCC2(CC1)C(=O)N(CC(=O)N1CCCCC1)CN2c1ccccc1. The number of amides is 3. The Morgan fingerprint density at radius 1 is 0.806 bits per heavy atom. The van der Waals surface area contributed by atoms with Crippen molar-refractivity contribution in [3.8, 4) is 0 Å². The zero-order valence-electron chi connectivity index (χ0n) is 20.7. The molecule has 7 heteroatoms. The molecule has 1 spiro atoms. The maximum atomic E-state index is 13.9. The number of piperidine rings is 2. The van der Waals surface area contributed by atoms with Gasteiger partial charge in [0.05, 0.1) is 6.67 Å². The lowest BCUT2D eigenvalue weighted by Gasteiger charge is -2.43. The number of hydrogen-bond donors (Lipinski definition) is 0. The quantitative estimate of drug-likeness (QED) is 0.608. The third kappa shape index (κ3) is 4.87. The Morgan fingerprint density at radius 2 is 1.44 bits per heavy atom. The molecule has 3 saturated heterocycles. The minimum atomic E-state index is -0.733. The summed E-state index contributed by atoms with van der Waals surface area (Å²) in [4.78, 5) is 47.3. The first-order valence-corrected chi connectivity index (χ1v) is 13.0. The summed E-state index contributed by atoms with van der Waals surface area (Å²) >= 11 is 0. The highest BCUT2D eigenvalue weighted by Crippen LogP contribution is 2.39. The second-order valence-electron chi connectivity index (χ2n) is 9.95. The Kier molecular flexibility index (Phi) is 7.07. The molecule has 188 valence electrons. The van der Waals surface area contributed by atoms with Gasteiger partial charge in [-0.1, -0.05) is 48.5 Å². The number of likely N-dealkylation sites (tertiary alicyclic amines) is 2. The van der Waals surface area contributed by atoms with Gasteiger partial charge in [-0.25, -0.2) is 0 Å². The highest BCUT2D eigenvalue weighted by atomic mass is 16.2. The first kappa shape index (κ1) is 24.1. The molecule has 3 aliphatic rings. The minimum Gasteiger partial charge on any atom is -0.341 e. The molecule has 36 heavy (non-hydrogen) atoms. The molecule has 0 bridgehead atoms. The van der Waals surface area contributed by atoms with E-state index in [0.29, 0.717) is 32.6 Å². The smallest absolute Gasteiger partial charge is 0.250 e. The maximum absolute atomic E-state index is 13.9. The highest BCUT2D eigenvalue weighted by Gasteiger charge is 2.54. The van der Waals surface area contributed by atoms with Crippen LogP contribution in [0.2, 0.25) is 0 Å². The summed E-state index contributed by atoms with van der Waals surface area (Å²) in [6.07, 6.45) is 7.75. The van der Waals surface area contributed by atoms with Crippen LogP contribution in [0.1, 0.15) is 37.7 Å². The Bertz CT molecular complexity index is 1100. The van der Waals surface area contributed by atoms with E-state index < -0.39 is 5.54 Å². The topological polar surface area (TPSA) is 64.2 Å². The molecule has 3 fully saturated rings. The summed E-state index contributed by atoms with van der Waals surface area (Å²) in [7, 11) is 0. The molecule has 0 radical (unpaired) electrons. The number of rotatable bonds is 5. The van der Waals surface area contributed by atoms with Gasteiger partial charge >= 0.3 is 0 Å². The largest absolute Gasteiger partial charge is 0.341 e. The molecule has 0 aromatic heterocycles. The van der Waals surface area contributed by atoms with E-state index in [4.69, 9.17) is 0 Å². The van der Waals surface area contributed by atoms with Gasteiger partial charge in [0.1, 0.15) is 12.1 Å². The van der Waals surface area contributed by atoms with E-state index in [-0.39, 0.29) is 24.3 Å². The van der Waals surface area contributed by atoms with E-state index in [1.807, 2.05) is 76.5 Å². The lowest BCUT2D eigenvalue weighted by molar-refractivity contribution is -0.142. The van der Waals surface area contributed by atoms with Crippen molar-refractivity contribution in [1.29, 1.82) is 0 Å². The Balaban J connectivity index is 1.30. The fourth-order valence-electron chi connectivity index (χ4n) is 5.66. The van der Waals surface area contributed by atoms with E-state index >= 15 is 0 Å². The van der Waals surface area contributed by atoms with Crippen LogP contribution in [0, 0.1) is 0 Å². The second kappa shape index (κ2) is 10.6. The van der Waals surface area contributed by atoms with Gasteiger partial charge < -0.3 is 19.6 Å². The predicted octanol–water partition coefficient (Wildman–Crippen LogP) is 3.38. The number of carbonyl (C=O) groups is 3. The average molecular weight is 487 g/mol. The van der Waals surface area contributed by atoms with Crippen molar-refractivity contribution >= 4 is 29.5 Å². The molecular formula is C29H34N4O3. The maximum Gasteiger partial charge on any atom is 0.250 e. The normalized spacial score (nSPS) is 19.9. The molecular weight excluding hydrogens is 452 g/mol. The van der Waals surface area contributed by atoms with Crippen molar-refractivity contribution in [1.82, 2.24) is 14.7 Å². The van der Waals surface area contributed by atoms with Gasteiger partial charge in [0, 0.05) is 37.9 Å². The Labute approximate surface area is 213 Å². The van der Waals surface area contributed by atoms with Crippen LogP contribution in [-0.4, -0.2) is 77.4 Å². The second-order valence-corrected chi connectivity index (χ2v) is 9.95. The molecule has 2 aromatic carbocycles. The molecule has 0 N–H and O–H groups in total. The van der Waals surface area contributed by atoms with E-state index in [1.54, 1.807) is 11.0 Å². The summed E-state index contributed by atoms with van der Waals surface area (Å²) in [5.74, 6) is -0.00189. The van der Waals surface area contributed by atoms with Crippen molar-refractivity contribution in [3.05, 3.63) is 72.3 Å². The van der Waals surface area contributed by atoms with Gasteiger partial charge in [0.25, 0.3) is 5.91 Å². The molecule has 3 heterocycles. The molecule has 0 atom stereocenters.